The quantitative estimate of drug-likeness (QED) is 0.393. The minimum atomic E-state index is -0.572. The molecule has 0 spiro atoms. The molecule has 1 amide bonds. The largest absolute Gasteiger partial charge is 0.506 e. The number of anilines is 1. The van der Waals surface area contributed by atoms with E-state index in [0.717, 1.165) is 34.6 Å². The number of phenolic OH excluding ortho intramolecular Hbond substituents is 1. The number of non-ortho nitro benzene ring substituents is 1. The lowest BCUT2D eigenvalue weighted by molar-refractivity contribution is -0.384. The third-order valence-corrected chi connectivity index (χ3v) is 5.06. The molecule has 0 bridgehead atoms. The number of hydrogen-bond acceptors (Lipinski definition) is 5. The minimum Gasteiger partial charge on any atom is -0.506 e. The van der Waals surface area contributed by atoms with Crippen LogP contribution in [0.3, 0.4) is 0 Å². The standard InChI is InChI=1S/C18H16N2O4S/c1-2-5-13-12-6-3-4-7-16(12)25-17(13)18(22)19-14-10-11(20(23)24)8-9-15(14)21/h3-4,6-10,21H,2,5H2,1H3,(H,19,22). The number of rotatable bonds is 5. The van der Waals surface area contributed by atoms with Crippen LogP contribution in [0.5, 0.6) is 5.75 Å². The fourth-order valence-corrected chi connectivity index (χ4v) is 3.84. The van der Waals surface area contributed by atoms with Gasteiger partial charge in [0.25, 0.3) is 11.6 Å². The number of aromatic hydroxyl groups is 1. The van der Waals surface area contributed by atoms with E-state index in [1.807, 2.05) is 31.2 Å². The first kappa shape index (κ1) is 16.9. The van der Waals surface area contributed by atoms with E-state index in [9.17, 15) is 20.0 Å². The molecule has 3 aromatic rings. The minimum absolute atomic E-state index is 0.0269. The summed E-state index contributed by atoms with van der Waals surface area (Å²) in [5.41, 5.74) is 0.794. The maximum atomic E-state index is 12.7. The second-order valence-electron chi connectivity index (χ2n) is 5.57. The first-order chi connectivity index (χ1) is 12.0. The van der Waals surface area contributed by atoms with Crippen molar-refractivity contribution in [3.05, 3.63) is 63.0 Å². The zero-order valence-corrected chi connectivity index (χ0v) is 14.3. The van der Waals surface area contributed by atoms with Crippen LogP contribution < -0.4 is 5.32 Å². The van der Waals surface area contributed by atoms with Gasteiger partial charge < -0.3 is 10.4 Å². The second-order valence-corrected chi connectivity index (χ2v) is 6.62. The monoisotopic (exact) mass is 356 g/mol. The van der Waals surface area contributed by atoms with Gasteiger partial charge in [-0.25, -0.2) is 0 Å². The van der Waals surface area contributed by atoms with Crippen LogP contribution in [0.4, 0.5) is 11.4 Å². The van der Waals surface area contributed by atoms with Crippen LogP contribution in [0.1, 0.15) is 28.6 Å². The zero-order chi connectivity index (χ0) is 18.0. The number of phenols is 1. The van der Waals surface area contributed by atoms with E-state index in [4.69, 9.17) is 0 Å². The summed E-state index contributed by atoms with van der Waals surface area (Å²) in [6.45, 7) is 2.04. The fourth-order valence-electron chi connectivity index (χ4n) is 2.70. The molecule has 1 aromatic heterocycles. The third-order valence-electron chi connectivity index (χ3n) is 3.84. The van der Waals surface area contributed by atoms with Crippen LogP contribution in [0.25, 0.3) is 10.1 Å². The number of nitro benzene ring substituents is 1. The lowest BCUT2D eigenvalue weighted by atomic mass is 10.1. The van der Waals surface area contributed by atoms with Crippen molar-refractivity contribution in [1.29, 1.82) is 0 Å². The van der Waals surface area contributed by atoms with Gasteiger partial charge in [-0.2, -0.15) is 0 Å². The lowest BCUT2D eigenvalue weighted by Crippen LogP contribution is -2.12. The van der Waals surface area contributed by atoms with Crippen molar-refractivity contribution in [3.63, 3.8) is 0 Å². The molecule has 25 heavy (non-hydrogen) atoms. The number of benzene rings is 2. The van der Waals surface area contributed by atoms with Crippen molar-refractivity contribution in [2.45, 2.75) is 19.8 Å². The van der Waals surface area contributed by atoms with E-state index in [1.165, 1.54) is 23.5 Å². The van der Waals surface area contributed by atoms with Crippen LogP contribution in [-0.4, -0.2) is 15.9 Å². The number of fused-ring (bicyclic) bond motifs is 1. The number of aryl methyl sites for hydroxylation is 1. The van der Waals surface area contributed by atoms with Gasteiger partial charge in [0.1, 0.15) is 5.75 Å². The van der Waals surface area contributed by atoms with Gasteiger partial charge in [0.15, 0.2) is 0 Å². The number of nitrogens with one attached hydrogen (secondary N) is 1. The van der Waals surface area contributed by atoms with Crippen molar-refractivity contribution in [1.82, 2.24) is 0 Å². The molecule has 0 saturated carbocycles. The first-order valence-corrected chi connectivity index (χ1v) is 8.62. The highest BCUT2D eigenvalue weighted by molar-refractivity contribution is 7.21. The van der Waals surface area contributed by atoms with Crippen LogP contribution in [0.15, 0.2) is 42.5 Å². The van der Waals surface area contributed by atoms with Crippen LogP contribution >= 0.6 is 11.3 Å². The van der Waals surface area contributed by atoms with E-state index in [-0.39, 0.29) is 23.0 Å². The molecule has 2 N–H and O–H groups in total. The smallest absolute Gasteiger partial charge is 0.271 e. The van der Waals surface area contributed by atoms with E-state index < -0.39 is 4.92 Å². The van der Waals surface area contributed by atoms with Gasteiger partial charge in [-0.3, -0.25) is 14.9 Å². The molecule has 0 aliphatic rings. The first-order valence-electron chi connectivity index (χ1n) is 7.80. The lowest BCUT2D eigenvalue weighted by Gasteiger charge is -2.08. The third kappa shape index (κ3) is 3.32. The maximum Gasteiger partial charge on any atom is 0.271 e. The van der Waals surface area contributed by atoms with Crippen LogP contribution in [-0.2, 0) is 6.42 Å². The Morgan fingerprint density at radius 2 is 2.04 bits per heavy atom. The summed E-state index contributed by atoms with van der Waals surface area (Å²) < 4.78 is 1.01. The number of nitro groups is 1. The highest BCUT2D eigenvalue weighted by atomic mass is 32.1. The number of amides is 1. The molecule has 0 atom stereocenters. The number of thiophene rings is 1. The van der Waals surface area contributed by atoms with E-state index >= 15 is 0 Å². The highest BCUT2D eigenvalue weighted by Gasteiger charge is 2.20. The fraction of sp³-hybridized carbons (Fsp3) is 0.167. The molecular formula is C18H16N2O4S. The Morgan fingerprint density at radius 3 is 2.76 bits per heavy atom. The molecule has 0 unspecified atom stereocenters. The van der Waals surface area contributed by atoms with Crippen molar-refractivity contribution >= 4 is 38.7 Å². The zero-order valence-electron chi connectivity index (χ0n) is 13.5. The van der Waals surface area contributed by atoms with Gasteiger partial charge in [0.05, 0.1) is 15.5 Å². The Morgan fingerprint density at radius 1 is 1.28 bits per heavy atom. The van der Waals surface area contributed by atoms with Gasteiger partial charge in [-0.05, 0) is 29.5 Å². The molecule has 128 valence electrons. The van der Waals surface area contributed by atoms with Gasteiger partial charge in [0, 0.05) is 16.8 Å². The van der Waals surface area contributed by atoms with Crippen LogP contribution in [0.2, 0.25) is 0 Å². The molecule has 0 fully saturated rings. The van der Waals surface area contributed by atoms with Crippen molar-refractivity contribution in [2.75, 3.05) is 5.32 Å². The SMILES string of the molecule is CCCc1c(C(=O)Nc2cc([N+](=O)[O-])ccc2O)sc2ccccc12. The molecule has 0 aliphatic heterocycles. The Labute approximate surface area is 147 Å². The molecule has 3 rings (SSSR count). The van der Waals surface area contributed by atoms with Crippen molar-refractivity contribution < 1.29 is 14.8 Å². The summed E-state index contributed by atoms with van der Waals surface area (Å²) in [7, 11) is 0. The Balaban J connectivity index is 1.99. The Bertz CT molecular complexity index is 965. The molecular weight excluding hydrogens is 340 g/mol. The number of carbonyl (C=O) groups excluding carboxylic acids is 1. The van der Waals surface area contributed by atoms with E-state index in [2.05, 4.69) is 5.32 Å². The average molecular weight is 356 g/mol. The second kappa shape index (κ2) is 6.90. The van der Waals surface area contributed by atoms with Gasteiger partial charge >= 0.3 is 0 Å². The Kier molecular flexibility index (Phi) is 4.67. The molecule has 7 heteroatoms. The van der Waals surface area contributed by atoms with Gasteiger partial charge in [0.2, 0.25) is 0 Å². The summed E-state index contributed by atoms with van der Waals surface area (Å²) in [5.74, 6) is -0.586. The maximum absolute atomic E-state index is 12.7. The highest BCUT2D eigenvalue weighted by Crippen LogP contribution is 2.34. The van der Waals surface area contributed by atoms with Crippen molar-refractivity contribution in [2.24, 2.45) is 0 Å². The van der Waals surface area contributed by atoms with Crippen LogP contribution in [0, 0.1) is 10.1 Å². The summed E-state index contributed by atoms with van der Waals surface area (Å²) in [4.78, 5) is 23.6. The predicted octanol–water partition coefficient (Wildman–Crippen LogP) is 4.72. The molecule has 0 saturated heterocycles. The van der Waals surface area contributed by atoms with Gasteiger partial charge in [-0.15, -0.1) is 11.3 Å². The predicted molar refractivity (Wildman–Crippen MR) is 98.5 cm³/mol. The molecule has 6 nitrogen and oxygen atoms in total. The van der Waals surface area contributed by atoms with Gasteiger partial charge in [-0.1, -0.05) is 31.5 Å². The van der Waals surface area contributed by atoms with E-state index in [1.54, 1.807) is 0 Å². The topological polar surface area (TPSA) is 92.5 Å². The molecule has 2 aromatic carbocycles. The summed E-state index contributed by atoms with van der Waals surface area (Å²) in [6, 6.07) is 11.3. The molecule has 0 aliphatic carbocycles. The summed E-state index contributed by atoms with van der Waals surface area (Å²) >= 11 is 1.38. The number of nitrogens with zero attached hydrogens (tertiary/aromatic N) is 1. The molecule has 1 heterocycles. The summed E-state index contributed by atoms with van der Waals surface area (Å²) in [6.07, 6.45) is 1.65. The number of hydrogen-bond donors (Lipinski definition) is 2. The normalized spacial score (nSPS) is 10.8. The van der Waals surface area contributed by atoms with E-state index in [0.29, 0.717) is 4.88 Å². The average Bonchev–Trinajstić information content (AvgIpc) is 2.96. The molecule has 0 radical (unpaired) electrons. The number of carbonyl (C=O) groups is 1. The Hall–Kier alpha value is -2.93. The van der Waals surface area contributed by atoms with Crippen molar-refractivity contribution in [3.8, 4) is 5.75 Å². The summed E-state index contributed by atoms with van der Waals surface area (Å²) in [5, 5.41) is 24.4.